The van der Waals surface area contributed by atoms with Gasteiger partial charge in [-0.25, -0.2) is 0 Å². The van der Waals surface area contributed by atoms with Crippen molar-refractivity contribution in [3.05, 3.63) is 175 Å². The van der Waals surface area contributed by atoms with Gasteiger partial charge in [-0.1, -0.05) is 146 Å². The van der Waals surface area contributed by atoms with Crippen LogP contribution in [0, 0.1) is 0 Å². The minimum absolute atomic E-state index is 0.165. The third kappa shape index (κ3) is 4.70. The highest BCUT2D eigenvalue weighted by Gasteiger charge is 2.25. The summed E-state index contributed by atoms with van der Waals surface area (Å²) in [5, 5.41) is 5.28. The lowest BCUT2D eigenvalue weighted by Crippen LogP contribution is -2.33. The molecule has 0 saturated carbocycles. The monoisotopic (exact) mass is 549 g/mol. The van der Waals surface area contributed by atoms with Gasteiger partial charge >= 0.3 is 0 Å². The predicted octanol–water partition coefficient (Wildman–Crippen LogP) is 11.1. The molecule has 1 aliphatic carbocycles. The molecule has 0 amide bonds. The molecular formula is C42H31N. The lowest BCUT2D eigenvalue weighted by molar-refractivity contribution is 0.771. The molecule has 43 heavy (non-hydrogen) atoms. The highest BCUT2D eigenvalue weighted by atomic mass is 15.2. The molecule has 1 aliphatic rings. The van der Waals surface area contributed by atoms with Crippen molar-refractivity contribution >= 4 is 39.0 Å². The third-order valence-electron chi connectivity index (χ3n) is 8.80. The lowest BCUT2D eigenvalue weighted by atomic mass is 9.87. The molecule has 7 aromatic rings. The van der Waals surface area contributed by atoms with Crippen molar-refractivity contribution in [3.63, 3.8) is 0 Å². The van der Waals surface area contributed by atoms with Crippen LogP contribution >= 0.6 is 0 Å². The Kier molecular flexibility index (Phi) is 6.35. The third-order valence-corrected chi connectivity index (χ3v) is 8.80. The molecule has 0 heterocycles. The lowest BCUT2D eigenvalue weighted by Gasteiger charge is -2.35. The molecule has 1 atom stereocenters. The minimum Gasteiger partial charge on any atom is -0.334 e. The van der Waals surface area contributed by atoms with E-state index in [0.29, 0.717) is 0 Å². The van der Waals surface area contributed by atoms with Gasteiger partial charge in [-0.05, 0) is 85.6 Å². The molecule has 0 saturated heterocycles. The van der Waals surface area contributed by atoms with Crippen LogP contribution in [0.1, 0.15) is 11.1 Å². The molecule has 7 aromatic carbocycles. The molecule has 8 rings (SSSR count). The van der Waals surface area contributed by atoms with Crippen LogP contribution in [-0.2, 0) is 6.42 Å². The number of rotatable bonds is 5. The van der Waals surface area contributed by atoms with Crippen molar-refractivity contribution in [2.24, 2.45) is 0 Å². The van der Waals surface area contributed by atoms with E-state index in [9.17, 15) is 0 Å². The van der Waals surface area contributed by atoms with Crippen molar-refractivity contribution in [3.8, 4) is 22.3 Å². The molecule has 0 fully saturated rings. The molecule has 0 bridgehead atoms. The van der Waals surface area contributed by atoms with Crippen LogP contribution in [-0.4, -0.2) is 6.04 Å². The molecule has 0 N–H and O–H groups in total. The molecule has 0 aliphatic heterocycles. The molecule has 0 spiro atoms. The summed E-state index contributed by atoms with van der Waals surface area (Å²) in [6.45, 7) is 0. The van der Waals surface area contributed by atoms with Crippen LogP contribution in [0.5, 0.6) is 0 Å². The number of benzene rings is 7. The second-order valence-electron chi connectivity index (χ2n) is 11.3. The average molecular weight is 550 g/mol. The number of fused-ring (bicyclic) bond motifs is 5. The van der Waals surface area contributed by atoms with Crippen molar-refractivity contribution < 1.29 is 0 Å². The van der Waals surface area contributed by atoms with Gasteiger partial charge in [0.1, 0.15) is 0 Å². The summed E-state index contributed by atoms with van der Waals surface area (Å²) in [7, 11) is 0. The topological polar surface area (TPSA) is 3.24 Å². The Bertz CT molecular complexity index is 2090. The Hall–Kier alpha value is -5.40. The maximum atomic E-state index is 2.51. The van der Waals surface area contributed by atoms with Crippen LogP contribution < -0.4 is 4.90 Å². The number of hydrogen-bond acceptors (Lipinski definition) is 1. The first-order chi connectivity index (χ1) is 21.3. The zero-order chi connectivity index (χ0) is 28.6. The second kappa shape index (κ2) is 10.8. The van der Waals surface area contributed by atoms with E-state index in [4.69, 9.17) is 0 Å². The average Bonchev–Trinajstić information content (AvgIpc) is 3.09. The normalized spacial score (nSPS) is 14.1. The molecule has 0 radical (unpaired) electrons. The molecule has 204 valence electrons. The van der Waals surface area contributed by atoms with Crippen LogP contribution in [0.2, 0.25) is 0 Å². The van der Waals surface area contributed by atoms with Crippen molar-refractivity contribution in [2.45, 2.75) is 12.5 Å². The molecule has 1 unspecified atom stereocenters. The summed E-state index contributed by atoms with van der Waals surface area (Å²) in [5.74, 6) is 0. The number of hydrogen-bond donors (Lipinski definition) is 0. The zero-order valence-corrected chi connectivity index (χ0v) is 23.9. The van der Waals surface area contributed by atoms with Gasteiger partial charge in [0.2, 0.25) is 0 Å². The van der Waals surface area contributed by atoms with Gasteiger partial charge in [0.05, 0.1) is 6.04 Å². The Labute approximate surface area is 253 Å². The summed E-state index contributed by atoms with van der Waals surface area (Å²) in [5.41, 5.74) is 10.0. The molecule has 0 aromatic heterocycles. The van der Waals surface area contributed by atoms with E-state index in [1.54, 1.807) is 0 Å². The summed E-state index contributed by atoms with van der Waals surface area (Å²) in [4.78, 5) is 2.51. The van der Waals surface area contributed by atoms with Gasteiger partial charge in [-0.3, -0.25) is 0 Å². The second-order valence-corrected chi connectivity index (χ2v) is 11.3. The van der Waals surface area contributed by atoms with E-state index in [1.807, 2.05) is 0 Å². The SMILES string of the molecule is C1=CC(N(c2ccc(-c3ccccc3)cc2)c2cccc(-c3ccccc3)c2)Cc2c1ccc1c2ccc2ccccc21. The van der Waals surface area contributed by atoms with Gasteiger partial charge in [-0.2, -0.15) is 0 Å². The van der Waals surface area contributed by atoms with Gasteiger partial charge in [-0.15, -0.1) is 0 Å². The van der Waals surface area contributed by atoms with Crippen LogP contribution in [0.25, 0.3) is 49.9 Å². The van der Waals surface area contributed by atoms with Crippen molar-refractivity contribution in [2.75, 3.05) is 4.90 Å². The summed E-state index contributed by atoms with van der Waals surface area (Å²) < 4.78 is 0. The summed E-state index contributed by atoms with van der Waals surface area (Å²) in [6.07, 6.45) is 5.64. The molecular weight excluding hydrogens is 518 g/mol. The van der Waals surface area contributed by atoms with Gasteiger partial charge in [0, 0.05) is 11.4 Å². The van der Waals surface area contributed by atoms with Crippen LogP contribution in [0.3, 0.4) is 0 Å². The van der Waals surface area contributed by atoms with E-state index < -0.39 is 0 Å². The van der Waals surface area contributed by atoms with Crippen molar-refractivity contribution in [1.29, 1.82) is 0 Å². The highest BCUT2D eigenvalue weighted by molar-refractivity contribution is 6.09. The van der Waals surface area contributed by atoms with Gasteiger partial charge in [0.25, 0.3) is 0 Å². The smallest absolute Gasteiger partial charge is 0.0566 e. The van der Waals surface area contributed by atoms with Crippen LogP contribution in [0.4, 0.5) is 11.4 Å². The maximum Gasteiger partial charge on any atom is 0.0566 e. The first-order valence-electron chi connectivity index (χ1n) is 15.0. The standard InChI is InChI=1S/C42H31N/c1-3-10-30(11-4-1)32-18-23-36(24-19-32)43(37-16-9-15-35(28-37)31-12-5-2-6-13-31)38-25-20-34-22-26-40-39-17-8-7-14-33(39)21-27-41(40)42(34)29-38/h1-28,38H,29H2. The number of anilines is 2. The van der Waals surface area contributed by atoms with Gasteiger partial charge < -0.3 is 4.90 Å². The summed E-state index contributed by atoms with van der Waals surface area (Å²) >= 11 is 0. The fraction of sp³-hybridized carbons (Fsp3) is 0.0476. The van der Waals surface area contributed by atoms with Crippen LogP contribution in [0.15, 0.2) is 164 Å². The highest BCUT2D eigenvalue weighted by Crippen LogP contribution is 2.38. The first-order valence-corrected chi connectivity index (χ1v) is 15.0. The minimum atomic E-state index is 0.165. The Morgan fingerprint density at radius 2 is 1.09 bits per heavy atom. The Balaban J connectivity index is 1.24. The fourth-order valence-corrected chi connectivity index (χ4v) is 6.66. The summed E-state index contributed by atoms with van der Waals surface area (Å²) in [6, 6.07) is 57.4. The number of nitrogens with zero attached hydrogens (tertiary/aromatic N) is 1. The fourth-order valence-electron chi connectivity index (χ4n) is 6.66. The first kappa shape index (κ1) is 25.3. The van der Waals surface area contributed by atoms with E-state index >= 15 is 0 Å². The Morgan fingerprint density at radius 3 is 1.88 bits per heavy atom. The Morgan fingerprint density at radius 1 is 0.442 bits per heavy atom. The zero-order valence-electron chi connectivity index (χ0n) is 23.9. The van der Waals surface area contributed by atoms with E-state index in [0.717, 1.165) is 6.42 Å². The quantitative estimate of drug-likeness (QED) is 0.193. The molecule has 1 heteroatoms. The predicted molar refractivity (Wildman–Crippen MR) is 184 cm³/mol. The largest absolute Gasteiger partial charge is 0.334 e. The molecule has 1 nitrogen and oxygen atoms in total. The van der Waals surface area contributed by atoms with E-state index in [-0.39, 0.29) is 6.04 Å². The maximum absolute atomic E-state index is 2.51. The van der Waals surface area contributed by atoms with E-state index in [1.165, 1.54) is 66.3 Å². The van der Waals surface area contributed by atoms with E-state index in [2.05, 4.69) is 175 Å². The van der Waals surface area contributed by atoms with Crippen molar-refractivity contribution in [1.82, 2.24) is 0 Å². The van der Waals surface area contributed by atoms with Gasteiger partial charge in [0.15, 0.2) is 0 Å².